The average Bonchev–Trinajstić information content (AvgIpc) is 3.09. The van der Waals surface area contributed by atoms with E-state index >= 15 is 0 Å². The Morgan fingerprint density at radius 3 is 2.71 bits per heavy atom. The fraction of sp³-hybridized carbons (Fsp3) is 0.667. The first-order chi connectivity index (χ1) is 11.7. The van der Waals surface area contributed by atoms with Crippen molar-refractivity contribution < 1.29 is 4.79 Å². The normalized spacial score (nSPS) is 20.9. The molecule has 2 aliphatic rings. The monoisotopic (exact) mass is 328 g/mol. The van der Waals surface area contributed by atoms with Crippen molar-refractivity contribution in [1.82, 2.24) is 10.6 Å². The van der Waals surface area contributed by atoms with Crippen molar-refractivity contribution >= 4 is 5.91 Å². The number of hydrogen-bond acceptors (Lipinski definition) is 2. The molecule has 3 nitrogen and oxygen atoms in total. The van der Waals surface area contributed by atoms with E-state index in [1.54, 1.807) is 0 Å². The molecule has 0 atom stereocenters. The zero-order chi connectivity index (χ0) is 16.8. The molecule has 132 valence electrons. The van der Waals surface area contributed by atoms with Crippen molar-refractivity contribution in [3.63, 3.8) is 0 Å². The van der Waals surface area contributed by atoms with Gasteiger partial charge in [0.1, 0.15) is 0 Å². The lowest BCUT2D eigenvalue weighted by Gasteiger charge is -2.30. The molecule has 1 amide bonds. The van der Waals surface area contributed by atoms with Crippen LogP contribution in [0.2, 0.25) is 0 Å². The largest absolute Gasteiger partial charge is 0.355 e. The first-order valence-corrected chi connectivity index (χ1v) is 9.73. The van der Waals surface area contributed by atoms with E-state index in [1.807, 2.05) is 0 Å². The molecule has 3 rings (SSSR count). The standard InChI is InChI=1S/C21H32N2O/c1-17-5-4-6-19(15-17)21(11-2-3-12-21)16-23-20(24)8-7-18-9-13-22-14-10-18/h4-6,15,18,22H,2-3,7-14,16H2,1H3,(H,23,24). The molecule has 24 heavy (non-hydrogen) atoms. The van der Waals surface area contributed by atoms with Crippen molar-refractivity contribution in [1.29, 1.82) is 0 Å². The molecular weight excluding hydrogens is 296 g/mol. The van der Waals surface area contributed by atoms with Crippen LogP contribution in [0.15, 0.2) is 24.3 Å². The van der Waals surface area contributed by atoms with Gasteiger partial charge < -0.3 is 10.6 Å². The summed E-state index contributed by atoms with van der Waals surface area (Å²) in [6, 6.07) is 8.87. The summed E-state index contributed by atoms with van der Waals surface area (Å²) in [5.74, 6) is 0.974. The minimum atomic E-state index is 0.163. The number of carbonyl (C=O) groups is 1. The number of nitrogens with one attached hydrogen (secondary N) is 2. The van der Waals surface area contributed by atoms with Gasteiger partial charge in [0.05, 0.1) is 0 Å². The lowest BCUT2D eigenvalue weighted by molar-refractivity contribution is -0.121. The van der Waals surface area contributed by atoms with Crippen molar-refractivity contribution in [2.75, 3.05) is 19.6 Å². The van der Waals surface area contributed by atoms with Gasteiger partial charge in [-0.15, -0.1) is 0 Å². The van der Waals surface area contributed by atoms with Crippen molar-refractivity contribution in [3.8, 4) is 0 Å². The van der Waals surface area contributed by atoms with E-state index in [0.717, 1.165) is 32.0 Å². The van der Waals surface area contributed by atoms with Gasteiger partial charge in [0.25, 0.3) is 0 Å². The van der Waals surface area contributed by atoms with E-state index < -0.39 is 0 Å². The highest BCUT2D eigenvalue weighted by Gasteiger charge is 2.35. The first kappa shape index (κ1) is 17.5. The fourth-order valence-corrected chi connectivity index (χ4v) is 4.46. The molecule has 2 fully saturated rings. The zero-order valence-electron chi connectivity index (χ0n) is 15.1. The average molecular weight is 329 g/mol. The Hall–Kier alpha value is -1.35. The van der Waals surface area contributed by atoms with Crippen LogP contribution in [0.1, 0.15) is 62.5 Å². The molecule has 1 aromatic carbocycles. The number of rotatable bonds is 6. The lowest BCUT2D eigenvalue weighted by atomic mass is 9.78. The van der Waals surface area contributed by atoms with Gasteiger partial charge in [-0.25, -0.2) is 0 Å². The molecule has 1 saturated carbocycles. The molecule has 1 aliphatic heterocycles. The Labute approximate surface area is 146 Å². The van der Waals surface area contributed by atoms with Gasteiger partial charge in [-0.05, 0) is 63.6 Å². The molecule has 0 aromatic heterocycles. The molecule has 2 N–H and O–H groups in total. The second-order valence-corrected chi connectivity index (χ2v) is 7.87. The van der Waals surface area contributed by atoms with Crippen LogP contribution in [0.4, 0.5) is 0 Å². The van der Waals surface area contributed by atoms with E-state index in [1.165, 1.54) is 49.7 Å². The zero-order valence-corrected chi connectivity index (χ0v) is 15.1. The minimum Gasteiger partial charge on any atom is -0.355 e. The maximum absolute atomic E-state index is 12.4. The van der Waals surface area contributed by atoms with E-state index in [0.29, 0.717) is 6.42 Å². The first-order valence-electron chi connectivity index (χ1n) is 9.73. The Kier molecular flexibility index (Phi) is 5.94. The Morgan fingerprint density at radius 2 is 2.00 bits per heavy atom. The number of hydrogen-bond donors (Lipinski definition) is 2. The van der Waals surface area contributed by atoms with Gasteiger partial charge in [0.15, 0.2) is 0 Å². The van der Waals surface area contributed by atoms with Crippen molar-refractivity contribution in [2.24, 2.45) is 5.92 Å². The van der Waals surface area contributed by atoms with Gasteiger partial charge in [-0.3, -0.25) is 4.79 Å². The summed E-state index contributed by atoms with van der Waals surface area (Å²) < 4.78 is 0. The van der Waals surface area contributed by atoms with E-state index in [9.17, 15) is 4.79 Å². The molecule has 0 unspecified atom stereocenters. The number of aryl methyl sites for hydroxylation is 1. The fourth-order valence-electron chi connectivity index (χ4n) is 4.46. The summed E-state index contributed by atoms with van der Waals surface area (Å²) in [5.41, 5.74) is 2.89. The molecule has 1 heterocycles. The third kappa shape index (κ3) is 4.38. The highest BCUT2D eigenvalue weighted by molar-refractivity contribution is 5.76. The molecular formula is C21H32N2O. The quantitative estimate of drug-likeness (QED) is 0.836. The highest BCUT2D eigenvalue weighted by atomic mass is 16.1. The van der Waals surface area contributed by atoms with Crippen LogP contribution in [0.25, 0.3) is 0 Å². The smallest absolute Gasteiger partial charge is 0.220 e. The Bertz CT molecular complexity index is 543. The minimum absolute atomic E-state index is 0.163. The third-order valence-electron chi connectivity index (χ3n) is 6.05. The van der Waals surface area contributed by atoms with Gasteiger partial charge in [-0.1, -0.05) is 42.7 Å². The maximum Gasteiger partial charge on any atom is 0.220 e. The number of benzene rings is 1. The maximum atomic E-state index is 12.4. The molecule has 0 radical (unpaired) electrons. The van der Waals surface area contributed by atoms with Crippen LogP contribution in [0, 0.1) is 12.8 Å². The van der Waals surface area contributed by atoms with Crippen LogP contribution >= 0.6 is 0 Å². The van der Waals surface area contributed by atoms with E-state index in [2.05, 4.69) is 41.8 Å². The molecule has 0 spiro atoms. The summed E-state index contributed by atoms with van der Waals surface area (Å²) in [4.78, 5) is 12.4. The molecule has 1 saturated heterocycles. The van der Waals surface area contributed by atoms with Gasteiger partial charge >= 0.3 is 0 Å². The molecule has 1 aliphatic carbocycles. The number of amides is 1. The lowest BCUT2D eigenvalue weighted by Crippen LogP contribution is -2.39. The van der Waals surface area contributed by atoms with Crippen LogP contribution in [0.5, 0.6) is 0 Å². The van der Waals surface area contributed by atoms with Crippen molar-refractivity contribution in [3.05, 3.63) is 35.4 Å². The molecule has 3 heteroatoms. The predicted octanol–water partition coefficient (Wildman–Crippen LogP) is 3.70. The third-order valence-corrected chi connectivity index (χ3v) is 6.05. The number of piperidine rings is 1. The summed E-state index contributed by atoms with van der Waals surface area (Å²) in [7, 11) is 0. The van der Waals surface area contributed by atoms with Crippen LogP contribution in [-0.4, -0.2) is 25.5 Å². The van der Waals surface area contributed by atoms with E-state index in [4.69, 9.17) is 0 Å². The van der Waals surface area contributed by atoms with Crippen LogP contribution in [-0.2, 0) is 10.2 Å². The molecule has 1 aromatic rings. The highest BCUT2D eigenvalue weighted by Crippen LogP contribution is 2.40. The second kappa shape index (κ2) is 8.15. The van der Waals surface area contributed by atoms with Gasteiger partial charge in [0, 0.05) is 18.4 Å². The van der Waals surface area contributed by atoms with Gasteiger partial charge in [0.2, 0.25) is 5.91 Å². The van der Waals surface area contributed by atoms with Crippen molar-refractivity contribution in [2.45, 2.75) is 63.7 Å². The summed E-state index contributed by atoms with van der Waals surface area (Å²) in [6.45, 7) is 5.19. The SMILES string of the molecule is Cc1cccc(C2(CNC(=O)CCC3CCNCC3)CCCC2)c1. The molecule has 0 bridgehead atoms. The summed E-state index contributed by atoms with van der Waals surface area (Å²) in [5, 5.41) is 6.66. The summed E-state index contributed by atoms with van der Waals surface area (Å²) >= 11 is 0. The van der Waals surface area contributed by atoms with Crippen LogP contribution < -0.4 is 10.6 Å². The Balaban J connectivity index is 1.53. The second-order valence-electron chi connectivity index (χ2n) is 7.87. The van der Waals surface area contributed by atoms with Gasteiger partial charge in [-0.2, -0.15) is 0 Å². The topological polar surface area (TPSA) is 41.1 Å². The Morgan fingerprint density at radius 1 is 1.25 bits per heavy atom. The van der Waals surface area contributed by atoms with Crippen LogP contribution in [0.3, 0.4) is 0 Å². The number of carbonyl (C=O) groups excluding carboxylic acids is 1. The predicted molar refractivity (Wildman–Crippen MR) is 99.2 cm³/mol. The van der Waals surface area contributed by atoms with E-state index in [-0.39, 0.29) is 11.3 Å². The summed E-state index contributed by atoms with van der Waals surface area (Å²) in [6.07, 6.45) is 9.13.